The molecule has 156 valence electrons. The first kappa shape index (κ1) is 21.0. The molecule has 1 aromatic heterocycles. The van der Waals surface area contributed by atoms with Crippen LogP contribution in [0.3, 0.4) is 0 Å². The van der Waals surface area contributed by atoms with Crippen molar-refractivity contribution in [3.63, 3.8) is 0 Å². The van der Waals surface area contributed by atoms with Gasteiger partial charge >= 0.3 is 5.97 Å². The van der Waals surface area contributed by atoms with E-state index in [0.717, 1.165) is 5.56 Å². The molecule has 3 rings (SSSR count). The average molecular weight is 409 g/mol. The maximum absolute atomic E-state index is 12.7. The molecular weight excluding hydrogens is 386 g/mol. The van der Waals surface area contributed by atoms with Gasteiger partial charge in [-0.25, -0.2) is 4.79 Å². The van der Waals surface area contributed by atoms with Crippen molar-refractivity contribution in [2.24, 2.45) is 0 Å². The van der Waals surface area contributed by atoms with Crippen LogP contribution in [0.2, 0.25) is 0 Å². The molecule has 7 heteroatoms. The highest BCUT2D eigenvalue weighted by molar-refractivity contribution is 5.94. The molecule has 1 atom stereocenters. The van der Waals surface area contributed by atoms with Crippen molar-refractivity contribution in [3.8, 4) is 11.5 Å². The summed E-state index contributed by atoms with van der Waals surface area (Å²) in [5, 5.41) is 2.67. The Morgan fingerprint density at radius 3 is 2.40 bits per heavy atom. The highest BCUT2D eigenvalue weighted by atomic mass is 16.5. The average Bonchev–Trinajstić information content (AvgIpc) is 3.26. The smallest absolute Gasteiger partial charge is 0.333 e. The lowest BCUT2D eigenvalue weighted by molar-refractivity contribution is -0.143. The van der Waals surface area contributed by atoms with Crippen LogP contribution >= 0.6 is 0 Å². The molecule has 1 heterocycles. The number of methoxy groups -OCH3 is 3. The summed E-state index contributed by atoms with van der Waals surface area (Å²) in [5.74, 6) is 0.963. The van der Waals surface area contributed by atoms with Crippen LogP contribution in [0.25, 0.3) is 0 Å². The van der Waals surface area contributed by atoms with Gasteiger partial charge in [0, 0.05) is 12.0 Å². The van der Waals surface area contributed by atoms with E-state index in [2.05, 4.69) is 5.32 Å². The topological polar surface area (TPSA) is 87.0 Å². The van der Waals surface area contributed by atoms with E-state index in [0.29, 0.717) is 29.2 Å². The molecule has 0 saturated carbocycles. The fourth-order valence-electron chi connectivity index (χ4n) is 3.05. The fourth-order valence-corrected chi connectivity index (χ4v) is 3.05. The van der Waals surface area contributed by atoms with E-state index < -0.39 is 17.9 Å². The summed E-state index contributed by atoms with van der Waals surface area (Å²) in [6.07, 6.45) is 0.409. The molecule has 0 saturated heterocycles. The van der Waals surface area contributed by atoms with Crippen LogP contribution in [0.15, 0.2) is 65.1 Å². The minimum Gasteiger partial charge on any atom is -0.497 e. The zero-order chi connectivity index (χ0) is 21.5. The molecule has 1 N–H and O–H groups in total. The fraction of sp³-hybridized carbons (Fsp3) is 0.217. The van der Waals surface area contributed by atoms with Gasteiger partial charge in [0.2, 0.25) is 0 Å². The van der Waals surface area contributed by atoms with Gasteiger partial charge in [-0.1, -0.05) is 30.3 Å². The van der Waals surface area contributed by atoms with Gasteiger partial charge in [0.25, 0.3) is 5.91 Å². The van der Waals surface area contributed by atoms with Gasteiger partial charge in [-0.2, -0.15) is 0 Å². The van der Waals surface area contributed by atoms with E-state index in [-0.39, 0.29) is 5.76 Å². The van der Waals surface area contributed by atoms with Crippen LogP contribution in [0.1, 0.15) is 33.5 Å². The van der Waals surface area contributed by atoms with Gasteiger partial charge in [0.1, 0.15) is 17.3 Å². The van der Waals surface area contributed by atoms with Gasteiger partial charge in [-0.05, 0) is 35.9 Å². The van der Waals surface area contributed by atoms with Crippen molar-refractivity contribution >= 4 is 11.9 Å². The summed E-state index contributed by atoms with van der Waals surface area (Å²) in [5.41, 5.74) is 1.47. The molecule has 0 fully saturated rings. The SMILES string of the molecule is COC(=O)C(NC(=O)c1ccc(Cc2cc(OC)ccc2OC)o1)c1ccccc1. The number of furan rings is 1. The van der Waals surface area contributed by atoms with E-state index in [9.17, 15) is 9.59 Å². The molecule has 1 amide bonds. The summed E-state index contributed by atoms with van der Waals surface area (Å²) >= 11 is 0. The Labute approximate surface area is 174 Å². The molecule has 0 aliphatic rings. The maximum Gasteiger partial charge on any atom is 0.333 e. The number of carbonyl (C=O) groups excluding carboxylic acids is 2. The number of nitrogens with one attached hydrogen (secondary N) is 1. The van der Waals surface area contributed by atoms with Crippen molar-refractivity contribution in [2.75, 3.05) is 21.3 Å². The van der Waals surface area contributed by atoms with Crippen LogP contribution in [-0.4, -0.2) is 33.2 Å². The molecule has 0 aliphatic carbocycles. The van der Waals surface area contributed by atoms with Crippen molar-refractivity contribution < 1.29 is 28.2 Å². The van der Waals surface area contributed by atoms with E-state index in [1.165, 1.54) is 7.11 Å². The van der Waals surface area contributed by atoms with E-state index in [4.69, 9.17) is 18.6 Å². The lowest BCUT2D eigenvalue weighted by atomic mass is 10.1. The van der Waals surface area contributed by atoms with Crippen molar-refractivity contribution in [1.82, 2.24) is 5.32 Å². The second-order valence-electron chi connectivity index (χ2n) is 6.46. The maximum atomic E-state index is 12.7. The first-order valence-electron chi connectivity index (χ1n) is 9.29. The lowest BCUT2D eigenvalue weighted by Gasteiger charge is -2.16. The van der Waals surface area contributed by atoms with E-state index in [1.807, 2.05) is 18.2 Å². The second-order valence-corrected chi connectivity index (χ2v) is 6.46. The quantitative estimate of drug-likeness (QED) is 0.573. The minimum atomic E-state index is -0.935. The molecule has 0 bridgehead atoms. The van der Waals surface area contributed by atoms with Crippen LogP contribution < -0.4 is 14.8 Å². The van der Waals surface area contributed by atoms with Crippen LogP contribution in [0.4, 0.5) is 0 Å². The van der Waals surface area contributed by atoms with Crippen molar-refractivity contribution in [2.45, 2.75) is 12.5 Å². The third-order valence-electron chi connectivity index (χ3n) is 4.58. The number of hydrogen-bond donors (Lipinski definition) is 1. The first-order chi connectivity index (χ1) is 14.5. The van der Waals surface area contributed by atoms with Crippen molar-refractivity contribution in [3.05, 3.63) is 83.3 Å². The third kappa shape index (κ3) is 4.81. The van der Waals surface area contributed by atoms with Gasteiger partial charge < -0.3 is 23.9 Å². The molecule has 0 aliphatic heterocycles. The van der Waals surface area contributed by atoms with Gasteiger partial charge in [-0.3, -0.25) is 4.79 Å². The predicted octanol–water partition coefficient (Wildman–Crippen LogP) is 3.53. The number of rotatable bonds is 8. The zero-order valence-corrected chi connectivity index (χ0v) is 17.0. The van der Waals surface area contributed by atoms with Crippen LogP contribution in [0.5, 0.6) is 11.5 Å². The van der Waals surface area contributed by atoms with Gasteiger partial charge in [0.05, 0.1) is 21.3 Å². The number of hydrogen-bond acceptors (Lipinski definition) is 6. The molecule has 0 radical (unpaired) electrons. The Hall–Kier alpha value is -3.74. The summed E-state index contributed by atoms with van der Waals surface area (Å²) in [6.45, 7) is 0. The number of ether oxygens (including phenoxy) is 3. The Kier molecular flexibility index (Phi) is 6.75. The highest BCUT2D eigenvalue weighted by Gasteiger charge is 2.25. The Bertz CT molecular complexity index is 1010. The summed E-state index contributed by atoms with van der Waals surface area (Å²) in [4.78, 5) is 24.8. The Morgan fingerprint density at radius 2 is 1.73 bits per heavy atom. The molecule has 7 nitrogen and oxygen atoms in total. The second kappa shape index (κ2) is 9.65. The first-order valence-corrected chi connectivity index (χ1v) is 9.29. The van der Waals surface area contributed by atoms with Crippen LogP contribution in [0, 0.1) is 0 Å². The number of esters is 1. The summed E-state index contributed by atoms with van der Waals surface area (Å²) in [7, 11) is 4.45. The lowest BCUT2D eigenvalue weighted by Crippen LogP contribution is -2.34. The molecule has 30 heavy (non-hydrogen) atoms. The monoisotopic (exact) mass is 409 g/mol. The van der Waals surface area contributed by atoms with Crippen LogP contribution in [-0.2, 0) is 16.0 Å². The summed E-state index contributed by atoms with van der Waals surface area (Å²) in [6, 6.07) is 16.7. The van der Waals surface area contributed by atoms with Crippen molar-refractivity contribution in [1.29, 1.82) is 0 Å². The molecule has 1 unspecified atom stereocenters. The highest BCUT2D eigenvalue weighted by Crippen LogP contribution is 2.27. The minimum absolute atomic E-state index is 0.0942. The normalized spacial score (nSPS) is 11.4. The number of carbonyl (C=O) groups is 2. The van der Waals surface area contributed by atoms with E-state index in [1.54, 1.807) is 56.7 Å². The largest absolute Gasteiger partial charge is 0.497 e. The third-order valence-corrected chi connectivity index (χ3v) is 4.58. The summed E-state index contributed by atoms with van der Waals surface area (Å²) < 4.78 is 21.2. The zero-order valence-electron chi connectivity index (χ0n) is 17.0. The molecular formula is C23H23NO6. The number of benzene rings is 2. The van der Waals surface area contributed by atoms with Gasteiger partial charge in [-0.15, -0.1) is 0 Å². The predicted molar refractivity (Wildman–Crippen MR) is 110 cm³/mol. The number of amides is 1. The molecule has 3 aromatic rings. The standard InChI is InChI=1S/C23H23NO6/c1-27-17-9-11-19(28-2)16(13-17)14-18-10-12-20(30-18)22(25)24-21(23(26)29-3)15-7-5-4-6-8-15/h4-13,21H,14H2,1-3H3,(H,24,25). The van der Waals surface area contributed by atoms with Gasteiger partial charge in [0.15, 0.2) is 11.8 Å². The molecule has 2 aromatic carbocycles. The Morgan fingerprint density at radius 1 is 0.967 bits per heavy atom. The Balaban J connectivity index is 1.77. The van der Waals surface area contributed by atoms with E-state index >= 15 is 0 Å². The molecule has 0 spiro atoms.